The number of amides is 2. The van der Waals surface area contributed by atoms with Crippen LogP contribution in [0.4, 0.5) is 11.5 Å². The average Bonchev–Trinajstić information content (AvgIpc) is 2.96. The number of piperazine rings is 1. The van der Waals surface area contributed by atoms with Crippen molar-refractivity contribution >= 4 is 36.8 Å². The third-order valence-electron chi connectivity index (χ3n) is 8.42. The molecule has 40 heavy (non-hydrogen) atoms. The summed E-state index contributed by atoms with van der Waals surface area (Å²) in [5.74, 6) is 1.06. The van der Waals surface area contributed by atoms with Gasteiger partial charge in [-0.15, -0.1) is 5.10 Å². The van der Waals surface area contributed by atoms with Gasteiger partial charge in [-0.25, -0.2) is 0 Å². The van der Waals surface area contributed by atoms with Crippen molar-refractivity contribution < 1.29 is 9.59 Å². The van der Waals surface area contributed by atoms with E-state index in [-0.39, 0.29) is 25.9 Å². The molecule has 2 aliphatic rings. The van der Waals surface area contributed by atoms with E-state index in [0.717, 1.165) is 60.5 Å². The van der Waals surface area contributed by atoms with Gasteiger partial charge in [0.25, 0.3) is 5.91 Å². The van der Waals surface area contributed by atoms with Crippen LogP contribution in [0.15, 0.2) is 54.7 Å². The quantitative estimate of drug-likeness (QED) is 0.493. The van der Waals surface area contributed by atoms with Gasteiger partial charge in [-0.1, -0.05) is 24.3 Å². The first-order valence-corrected chi connectivity index (χ1v) is 13.9. The molecule has 0 unspecified atom stereocenters. The van der Waals surface area contributed by atoms with Gasteiger partial charge < -0.3 is 20.4 Å². The maximum atomic E-state index is 13.9. The first kappa shape index (κ1) is 29.4. The zero-order chi connectivity index (χ0) is 27.5. The van der Waals surface area contributed by atoms with E-state index in [1.54, 1.807) is 6.20 Å². The molecule has 5 rings (SSSR count). The highest BCUT2D eigenvalue weighted by Crippen LogP contribution is 2.31. The summed E-state index contributed by atoms with van der Waals surface area (Å²) in [5.41, 5.74) is 12.1. The lowest BCUT2D eigenvalue weighted by Crippen LogP contribution is -2.59. The van der Waals surface area contributed by atoms with Gasteiger partial charge in [0.15, 0.2) is 5.82 Å². The number of para-hydroxylation sites is 1. The molecule has 3 heterocycles. The molecule has 2 amide bonds. The summed E-state index contributed by atoms with van der Waals surface area (Å²) >= 11 is 0. The van der Waals surface area contributed by atoms with E-state index in [1.807, 2.05) is 59.2 Å². The van der Waals surface area contributed by atoms with Crippen molar-refractivity contribution in [2.45, 2.75) is 46.1 Å². The second-order valence-electron chi connectivity index (χ2n) is 10.9. The molecule has 1 aromatic heterocycles. The van der Waals surface area contributed by atoms with E-state index in [2.05, 4.69) is 35.0 Å². The van der Waals surface area contributed by atoms with Gasteiger partial charge >= 0.3 is 0 Å². The Balaban J connectivity index is 0.00000370. The minimum absolute atomic E-state index is 0. The number of hydrogen-bond donors (Lipinski definition) is 1. The number of rotatable bonds is 6. The fourth-order valence-corrected chi connectivity index (χ4v) is 6.28. The summed E-state index contributed by atoms with van der Waals surface area (Å²) in [5, 5.41) is 8.29. The topological polar surface area (TPSA) is 95.7 Å². The monoisotopic (exact) mass is 560 g/mol. The third-order valence-corrected chi connectivity index (χ3v) is 8.42. The summed E-state index contributed by atoms with van der Waals surface area (Å²) in [7, 11) is 0. The van der Waals surface area contributed by atoms with Gasteiger partial charge in [-0.2, -0.15) is 18.6 Å². The van der Waals surface area contributed by atoms with Crippen LogP contribution in [0.3, 0.4) is 0 Å². The molecule has 2 fully saturated rings. The molecule has 0 spiro atoms. The van der Waals surface area contributed by atoms with Crippen LogP contribution in [0.2, 0.25) is 0 Å². The zero-order valence-electron chi connectivity index (χ0n) is 23.6. The standard InChI is InChI=1S/C31H38N6O2.H2S/c1-21-18-22(2)29(23(3)26(21)19-24-11-14-35(15-12-24)28-10-7-13-33-34-28)31(39)36-16-17-37(27(20-36)30(32)38)25-8-5-4-6-9-25;/h4-10,13,18,24,27H,11-12,14-17,19-20H2,1-3H3,(H2,32,38);1H2/t27-;/m0./s1. The van der Waals surface area contributed by atoms with Crippen molar-refractivity contribution in [3.63, 3.8) is 0 Å². The molecule has 0 radical (unpaired) electrons. The summed E-state index contributed by atoms with van der Waals surface area (Å²) < 4.78 is 0. The van der Waals surface area contributed by atoms with Crippen LogP contribution in [-0.4, -0.2) is 65.7 Å². The Morgan fingerprint density at radius 1 is 0.950 bits per heavy atom. The highest BCUT2D eigenvalue weighted by atomic mass is 32.1. The Kier molecular flexibility index (Phi) is 9.35. The number of piperidine rings is 1. The van der Waals surface area contributed by atoms with Crippen molar-refractivity contribution in [3.8, 4) is 0 Å². The number of carbonyl (C=O) groups excluding carboxylic acids is 2. The number of nitrogens with two attached hydrogens (primary N) is 1. The molecular formula is C31H40N6O2S. The molecule has 212 valence electrons. The Hall–Kier alpha value is -3.59. The highest BCUT2D eigenvalue weighted by molar-refractivity contribution is 7.59. The molecule has 2 aromatic carbocycles. The van der Waals surface area contributed by atoms with Crippen LogP contribution >= 0.6 is 13.5 Å². The average molecular weight is 561 g/mol. The second-order valence-corrected chi connectivity index (χ2v) is 10.9. The van der Waals surface area contributed by atoms with Crippen molar-refractivity contribution in [3.05, 3.63) is 82.5 Å². The van der Waals surface area contributed by atoms with Crippen LogP contribution in [0.25, 0.3) is 0 Å². The molecule has 1 atom stereocenters. The van der Waals surface area contributed by atoms with Crippen molar-refractivity contribution in [1.29, 1.82) is 0 Å². The lowest BCUT2D eigenvalue weighted by molar-refractivity contribution is -0.119. The van der Waals surface area contributed by atoms with Gasteiger partial charge in [-0.3, -0.25) is 9.59 Å². The highest BCUT2D eigenvalue weighted by Gasteiger charge is 2.35. The van der Waals surface area contributed by atoms with Gasteiger partial charge in [0, 0.05) is 43.6 Å². The minimum atomic E-state index is -0.560. The van der Waals surface area contributed by atoms with Crippen LogP contribution in [0, 0.1) is 26.7 Å². The predicted octanol–water partition coefficient (Wildman–Crippen LogP) is 3.79. The summed E-state index contributed by atoms with van der Waals surface area (Å²) in [6.07, 6.45) is 4.82. The molecule has 3 aromatic rings. The van der Waals surface area contributed by atoms with Crippen LogP contribution in [0.5, 0.6) is 0 Å². The van der Waals surface area contributed by atoms with Crippen molar-refractivity contribution in [2.75, 3.05) is 42.5 Å². The molecule has 0 saturated carbocycles. The molecule has 2 N–H and O–H groups in total. The summed E-state index contributed by atoms with van der Waals surface area (Å²) in [6, 6.07) is 15.3. The molecular weight excluding hydrogens is 520 g/mol. The van der Waals surface area contributed by atoms with E-state index in [0.29, 0.717) is 19.0 Å². The smallest absolute Gasteiger partial charge is 0.254 e. The Morgan fingerprint density at radius 2 is 1.68 bits per heavy atom. The molecule has 0 bridgehead atoms. The van der Waals surface area contributed by atoms with E-state index in [1.165, 1.54) is 11.1 Å². The van der Waals surface area contributed by atoms with E-state index >= 15 is 0 Å². The predicted molar refractivity (Wildman–Crippen MR) is 164 cm³/mol. The molecule has 9 heteroatoms. The van der Waals surface area contributed by atoms with Crippen molar-refractivity contribution in [1.82, 2.24) is 15.1 Å². The number of benzene rings is 2. The first-order valence-electron chi connectivity index (χ1n) is 13.9. The van der Waals surface area contributed by atoms with Crippen LogP contribution in [0.1, 0.15) is 45.5 Å². The van der Waals surface area contributed by atoms with Gasteiger partial charge in [0.1, 0.15) is 6.04 Å². The van der Waals surface area contributed by atoms with E-state index in [9.17, 15) is 9.59 Å². The number of carbonyl (C=O) groups is 2. The second kappa shape index (κ2) is 12.7. The van der Waals surface area contributed by atoms with Crippen molar-refractivity contribution in [2.24, 2.45) is 11.7 Å². The lowest BCUT2D eigenvalue weighted by atomic mass is 9.84. The first-order chi connectivity index (χ1) is 18.8. The molecule has 2 saturated heterocycles. The van der Waals surface area contributed by atoms with E-state index < -0.39 is 11.9 Å². The number of primary amides is 1. The summed E-state index contributed by atoms with van der Waals surface area (Å²) in [6.45, 7) is 9.56. The fraction of sp³-hybridized carbons (Fsp3) is 0.419. The minimum Gasteiger partial charge on any atom is -0.368 e. The maximum Gasteiger partial charge on any atom is 0.254 e. The summed E-state index contributed by atoms with van der Waals surface area (Å²) in [4.78, 5) is 32.5. The largest absolute Gasteiger partial charge is 0.368 e. The SMILES string of the molecule is Cc1cc(C)c(C(=O)N2CCN(c3ccccc3)[C@H](C(N)=O)C2)c(C)c1CC1CCN(c2cccnn2)CC1.S. The van der Waals surface area contributed by atoms with E-state index in [4.69, 9.17) is 5.73 Å². The Morgan fingerprint density at radius 3 is 2.33 bits per heavy atom. The zero-order valence-corrected chi connectivity index (χ0v) is 24.6. The van der Waals surface area contributed by atoms with Gasteiger partial charge in [0.2, 0.25) is 5.91 Å². The fourth-order valence-electron chi connectivity index (χ4n) is 6.28. The Bertz CT molecular complexity index is 1330. The number of anilines is 2. The maximum absolute atomic E-state index is 13.9. The van der Waals surface area contributed by atoms with Gasteiger partial charge in [0.05, 0.1) is 6.54 Å². The lowest BCUT2D eigenvalue weighted by Gasteiger charge is -2.41. The Labute approximate surface area is 244 Å². The van der Waals surface area contributed by atoms with Gasteiger partial charge in [-0.05, 0) is 92.5 Å². The van der Waals surface area contributed by atoms with Crippen LogP contribution in [-0.2, 0) is 11.2 Å². The molecule has 2 aliphatic heterocycles. The number of aromatic nitrogens is 2. The molecule has 8 nitrogen and oxygen atoms in total. The van der Waals surface area contributed by atoms with Crippen LogP contribution < -0.4 is 15.5 Å². The number of hydrogen-bond acceptors (Lipinski definition) is 6. The normalized spacial score (nSPS) is 17.9. The molecule has 0 aliphatic carbocycles. The number of aryl methyl sites for hydroxylation is 2. The number of nitrogens with zero attached hydrogens (tertiary/aromatic N) is 5. The third kappa shape index (κ3) is 6.09.